The van der Waals surface area contributed by atoms with E-state index in [1.807, 2.05) is 11.7 Å². The SMILES string of the molecule is CCC(OC)C(N)Cc1cncs1. The van der Waals surface area contributed by atoms with Crippen LogP contribution in [-0.4, -0.2) is 24.2 Å². The van der Waals surface area contributed by atoms with Crippen molar-refractivity contribution in [3.05, 3.63) is 16.6 Å². The van der Waals surface area contributed by atoms with E-state index in [0.717, 1.165) is 12.8 Å². The van der Waals surface area contributed by atoms with Crippen LogP contribution in [0.5, 0.6) is 0 Å². The number of nitrogens with zero attached hydrogens (tertiary/aromatic N) is 1. The van der Waals surface area contributed by atoms with Crippen LogP contribution < -0.4 is 5.73 Å². The van der Waals surface area contributed by atoms with Crippen molar-refractivity contribution in [3.8, 4) is 0 Å². The first-order chi connectivity index (χ1) is 6.27. The molecule has 0 saturated heterocycles. The summed E-state index contributed by atoms with van der Waals surface area (Å²) in [5, 5.41) is 0. The molecule has 1 aromatic heterocycles. The highest BCUT2D eigenvalue weighted by atomic mass is 32.1. The Morgan fingerprint density at radius 1 is 1.69 bits per heavy atom. The van der Waals surface area contributed by atoms with E-state index >= 15 is 0 Å². The maximum absolute atomic E-state index is 5.98. The van der Waals surface area contributed by atoms with E-state index < -0.39 is 0 Å². The molecule has 0 spiro atoms. The molecule has 0 aliphatic carbocycles. The van der Waals surface area contributed by atoms with Crippen LogP contribution in [-0.2, 0) is 11.2 Å². The Kier molecular flexibility index (Phi) is 4.35. The zero-order valence-corrected chi connectivity index (χ0v) is 8.88. The lowest BCUT2D eigenvalue weighted by Gasteiger charge is -2.20. The molecule has 3 nitrogen and oxygen atoms in total. The van der Waals surface area contributed by atoms with Gasteiger partial charge in [0.25, 0.3) is 0 Å². The Balaban J connectivity index is 2.44. The second-order valence-electron chi connectivity index (χ2n) is 3.02. The van der Waals surface area contributed by atoms with Gasteiger partial charge in [0.15, 0.2) is 0 Å². The number of methoxy groups -OCH3 is 1. The second kappa shape index (κ2) is 5.32. The minimum Gasteiger partial charge on any atom is -0.380 e. The lowest BCUT2D eigenvalue weighted by molar-refractivity contribution is 0.0775. The summed E-state index contributed by atoms with van der Waals surface area (Å²) in [4.78, 5) is 5.23. The topological polar surface area (TPSA) is 48.1 Å². The number of thiazole rings is 1. The molecule has 0 aromatic carbocycles. The molecule has 0 bridgehead atoms. The summed E-state index contributed by atoms with van der Waals surface area (Å²) in [6.45, 7) is 2.08. The molecule has 13 heavy (non-hydrogen) atoms. The van der Waals surface area contributed by atoms with E-state index in [9.17, 15) is 0 Å². The van der Waals surface area contributed by atoms with Crippen molar-refractivity contribution in [2.24, 2.45) is 5.73 Å². The van der Waals surface area contributed by atoms with Crippen molar-refractivity contribution in [2.45, 2.75) is 31.9 Å². The third kappa shape index (κ3) is 3.06. The molecule has 2 unspecified atom stereocenters. The van der Waals surface area contributed by atoms with Crippen molar-refractivity contribution in [1.82, 2.24) is 4.98 Å². The van der Waals surface area contributed by atoms with E-state index in [-0.39, 0.29) is 12.1 Å². The van der Waals surface area contributed by atoms with Crippen molar-refractivity contribution in [1.29, 1.82) is 0 Å². The molecule has 0 radical (unpaired) electrons. The quantitative estimate of drug-likeness (QED) is 0.782. The normalized spacial score (nSPS) is 15.6. The van der Waals surface area contributed by atoms with Gasteiger partial charge in [-0.3, -0.25) is 4.98 Å². The van der Waals surface area contributed by atoms with Crippen LogP contribution in [0.2, 0.25) is 0 Å². The zero-order chi connectivity index (χ0) is 9.68. The summed E-state index contributed by atoms with van der Waals surface area (Å²) in [5.74, 6) is 0. The largest absolute Gasteiger partial charge is 0.380 e. The first-order valence-corrected chi connectivity index (χ1v) is 5.31. The van der Waals surface area contributed by atoms with Gasteiger partial charge in [0.05, 0.1) is 11.6 Å². The van der Waals surface area contributed by atoms with Gasteiger partial charge < -0.3 is 10.5 Å². The summed E-state index contributed by atoms with van der Waals surface area (Å²) in [6.07, 6.45) is 3.84. The molecule has 0 aliphatic heterocycles. The highest BCUT2D eigenvalue weighted by Crippen LogP contribution is 2.11. The minimum atomic E-state index is 0.0791. The van der Waals surface area contributed by atoms with Crippen LogP contribution >= 0.6 is 11.3 Å². The standard InChI is InChI=1S/C9H16N2OS/c1-3-9(12-2)8(10)4-7-5-11-6-13-7/h5-6,8-9H,3-4,10H2,1-2H3. The molecule has 2 N–H and O–H groups in total. The number of hydrogen-bond donors (Lipinski definition) is 1. The molecular weight excluding hydrogens is 184 g/mol. The van der Waals surface area contributed by atoms with E-state index in [1.54, 1.807) is 18.4 Å². The lowest BCUT2D eigenvalue weighted by atomic mass is 10.1. The van der Waals surface area contributed by atoms with Crippen LogP contribution in [0.4, 0.5) is 0 Å². The van der Waals surface area contributed by atoms with Crippen LogP contribution in [0.25, 0.3) is 0 Å². The number of aromatic nitrogens is 1. The van der Waals surface area contributed by atoms with Gasteiger partial charge >= 0.3 is 0 Å². The maximum atomic E-state index is 5.98. The fraction of sp³-hybridized carbons (Fsp3) is 0.667. The molecule has 0 fully saturated rings. The maximum Gasteiger partial charge on any atom is 0.0794 e. The van der Waals surface area contributed by atoms with Crippen molar-refractivity contribution in [3.63, 3.8) is 0 Å². The van der Waals surface area contributed by atoms with Gasteiger partial charge in [0.1, 0.15) is 0 Å². The number of nitrogens with two attached hydrogens (primary N) is 1. The summed E-state index contributed by atoms with van der Waals surface area (Å²) in [7, 11) is 1.71. The van der Waals surface area contributed by atoms with Gasteiger partial charge in [-0.15, -0.1) is 11.3 Å². The Morgan fingerprint density at radius 3 is 2.92 bits per heavy atom. The summed E-state index contributed by atoms with van der Waals surface area (Å²) >= 11 is 1.64. The molecule has 1 aromatic rings. The van der Waals surface area contributed by atoms with E-state index in [2.05, 4.69) is 11.9 Å². The average molecular weight is 200 g/mol. The number of ether oxygens (including phenoxy) is 1. The van der Waals surface area contributed by atoms with Crippen LogP contribution in [0.3, 0.4) is 0 Å². The van der Waals surface area contributed by atoms with Gasteiger partial charge in [-0.05, 0) is 6.42 Å². The van der Waals surface area contributed by atoms with Crippen molar-refractivity contribution < 1.29 is 4.74 Å². The van der Waals surface area contributed by atoms with Crippen molar-refractivity contribution in [2.75, 3.05) is 7.11 Å². The van der Waals surface area contributed by atoms with Gasteiger partial charge in [-0.2, -0.15) is 0 Å². The predicted molar refractivity (Wildman–Crippen MR) is 54.9 cm³/mol. The second-order valence-corrected chi connectivity index (χ2v) is 3.99. The fourth-order valence-electron chi connectivity index (χ4n) is 1.35. The van der Waals surface area contributed by atoms with Gasteiger partial charge in [-0.1, -0.05) is 6.92 Å². The van der Waals surface area contributed by atoms with Gasteiger partial charge in [0, 0.05) is 30.6 Å². The molecule has 0 saturated carbocycles. The smallest absolute Gasteiger partial charge is 0.0794 e. The molecular formula is C9H16N2OS. The highest BCUT2D eigenvalue weighted by molar-refractivity contribution is 7.09. The number of rotatable bonds is 5. The zero-order valence-electron chi connectivity index (χ0n) is 8.06. The first-order valence-electron chi connectivity index (χ1n) is 4.43. The third-order valence-electron chi connectivity index (χ3n) is 2.10. The van der Waals surface area contributed by atoms with E-state index in [0.29, 0.717) is 0 Å². The molecule has 74 valence electrons. The van der Waals surface area contributed by atoms with Crippen LogP contribution in [0.1, 0.15) is 18.2 Å². The highest BCUT2D eigenvalue weighted by Gasteiger charge is 2.15. The Labute approximate surface area is 82.9 Å². The van der Waals surface area contributed by atoms with Crippen LogP contribution in [0.15, 0.2) is 11.7 Å². The molecule has 4 heteroatoms. The first kappa shape index (κ1) is 10.6. The Bertz CT molecular complexity index is 222. The Hall–Kier alpha value is -0.450. The Morgan fingerprint density at radius 2 is 2.46 bits per heavy atom. The summed E-state index contributed by atoms with van der Waals surface area (Å²) < 4.78 is 5.27. The fourth-order valence-corrected chi connectivity index (χ4v) is 2.02. The average Bonchev–Trinajstić information content (AvgIpc) is 2.59. The van der Waals surface area contributed by atoms with Crippen LogP contribution in [0, 0.1) is 0 Å². The predicted octanol–water partition coefficient (Wildman–Crippen LogP) is 1.44. The monoisotopic (exact) mass is 200 g/mol. The van der Waals surface area contributed by atoms with Crippen molar-refractivity contribution >= 4 is 11.3 Å². The number of hydrogen-bond acceptors (Lipinski definition) is 4. The summed E-state index contributed by atoms with van der Waals surface area (Å²) in [6, 6.07) is 0.0791. The third-order valence-corrected chi connectivity index (χ3v) is 2.90. The minimum absolute atomic E-state index is 0.0791. The molecule has 0 amide bonds. The van der Waals surface area contributed by atoms with E-state index in [1.165, 1.54) is 4.88 Å². The lowest BCUT2D eigenvalue weighted by Crippen LogP contribution is -2.37. The van der Waals surface area contributed by atoms with Gasteiger partial charge in [-0.25, -0.2) is 0 Å². The summed E-state index contributed by atoms with van der Waals surface area (Å²) in [5.41, 5.74) is 7.81. The molecule has 0 aliphatic rings. The molecule has 1 rings (SSSR count). The van der Waals surface area contributed by atoms with E-state index in [4.69, 9.17) is 10.5 Å². The van der Waals surface area contributed by atoms with Gasteiger partial charge in [0.2, 0.25) is 0 Å². The molecule has 2 atom stereocenters. The molecule has 1 heterocycles.